The summed E-state index contributed by atoms with van der Waals surface area (Å²) >= 11 is 0. The fourth-order valence-electron chi connectivity index (χ4n) is 7.06. The van der Waals surface area contributed by atoms with Gasteiger partial charge in [-0.05, 0) is 72.5 Å². The van der Waals surface area contributed by atoms with Crippen LogP contribution in [0.1, 0.15) is 79.6 Å². The van der Waals surface area contributed by atoms with Crippen molar-refractivity contribution in [2.75, 3.05) is 0 Å². The minimum atomic E-state index is 0. The zero-order chi connectivity index (χ0) is 19.2. The van der Waals surface area contributed by atoms with Crippen LogP contribution in [-0.4, -0.2) is 0 Å². The zero-order valence-electron chi connectivity index (χ0n) is 19.4. The van der Waals surface area contributed by atoms with E-state index in [-0.39, 0.29) is 51.4 Å². The summed E-state index contributed by atoms with van der Waals surface area (Å²) in [5, 5.41) is 0. The van der Waals surface area contributed by atoms with Crippen LogP contribution in [0.5, 0.6) is 0 Å². The molecule has 0 N–H and O–H groups in total. The molecule has 0 aromatic carbocycles. The average Bonchev–Trinajstić information content (AvgIpc) is 3.02. The maximum atomic E-state index is 2.65. The summed E-state index contributed by atoms with van der Waals surface area (Å²) in [4.78, 5) is 0. The second-order valence-electron chi connectivity index (χ2n) is 10.8. The normalized spacial score (nSPS) is 39.4. The van der Waals surface area contributed by atoms with E-state index >= 15 is 0 Å². The van der Waals surface area contributed by atoms with Crippen LogP contribution in [0.2, 0.25) is 0 Å². The minimum absolute atomic E-state index is 0. The van der Waals surface area contributed by atoms with Crippen LogP contribution in [0, 0.1) is 53.3 Å². The Labute approximate surface area is 217 Å². The van der Waals surface area contributed by atoms with Crippen molar-refractivity contribution in [2.24, 2.45) is 46.8 Å². The Kier molecular flexibility index (Phi) is 8.03. The van der Waals surface area contributed by atoms with Crippen molar-refractivity contribution in [1.82, 2.24) is 0 Å². The van der Waals surface area contributed by atoms with Crippen molar-refractivity contribution in [2.45, 2.75) is 79.6 Å². The minimum Gasteiger partial charge on any atom is -0.325 e. The van der Waals surface area contributed by atoms with Gasteiger partial charge in [-0.1, -0.05) is 76.5 Å². The first kappa shape index (κ1) is 23.5. The molecule has 1 heteroatoms. The van der Waals surface area contributed by atoms with Crippen molar-refractivity contribution >= 4 is 0 Å². The third kappa shape index (κ3) is 4.27. The second kappa shape index (κ2) is 9.55. The van der Waals surface area contributed by atoms with E-state index in [4.69, 9.17) is 0 Å². The first-order chi connectivity index (χ1) is 12.9. The van der Waals surface area contributed by atoms with Crippen LogP contribution in [0.25, 0.3) is 0 Å². The Balaban J connectivity index is 0.00000225. The molecule has 3 saturated carbocycles. The molecule has 0 bridgehead atoms. The topological polar surface area (TPSA) is 0 Å². The number of hydrogen-bond acceptors (Lipinski definition) is 0. The largest absolute Gasteiger partial charge is 1.00 e. The predicted molar refractivity (Wildman–Crippen MR) is 117 cm³/mol. The molecule has 4 rings (SSSR count). The fourth-order valence-corrected chi connectivity index (χ4v) is 7.06. The molecule has 28 heavy (non-hydrogen) atoms. The Hall–Kier alpha value is 0.856. The van der Waals surface area contributed by atoms with E-state index in [0.717, 1.165) is 35.5 Å². The quantitative estimate of drug-likeness (QED) is 0.359. The van der Waals surface area contributed by atoms with Crippen LogP contribution >= 0.6 is 0 Å². The predicted octanol–water partition coefficient (Wildman–Crippen LogP) is 4.79. The Morgan fingerprint density at radius 2 is 1.79 bits per heavy atom. The number of fused-ring (bicyclic) bond motifs is 5. The Morgan fingerprint density at radius 3 is 2.54 bits per heavy atom. The molecule has 0 aromatic rings. The van der Waals surface area contributed by atoms with Gasteiger partial charge < -0.3 is 6.42 Å². The third-order valence-corrected chi connectivity index (χ3v) is 9.15. The van der Waals surface area contributed by atoms with Gasteiger partial charge in [0, 0.05) is 0 Å². The maximum absolute atomic E-state index is 2.65. The molecule has 0 saturated heterocycles. The van der Waals surface area contributed by atoms with E-state index in [1.165, 1.54) is 44.9 Å². The van der Waals surface area contributed by atoms with Crippen molar-refractivity contribution in [3.05, 3.63) is 41.9 Å². The monoisotopic (exact) mass is 404 g/mol. The summed E-state index contributed by atoms with van der Waals surface area (Å²) < 4.78 is 0. The molecule has 7 unspecified atom stereocenters. The van der Waals surface area contributed by atoms with Gasteiger partial charge in [0.2, 0.25) is 0 Å². The van der Waals surface area contributed by atoms with Crippen LogP contribution in [-0.2, 0) is 0 Å². The zero-order valence-corrected chi connectivity index (χ0v) is 22.5. The molecule has 4 aliphatic carbocycles. The molecule has 150 valence electrons. The van der Waals surface area contributed by atoms with Gasteiger partial charge in [0.1, 0.15) is 0 Å². The maximum Gasteiger partial charge on any atom is 1.00 e. The molecule has 3 fully saturated rings. The van der Waals surface area contributed by atoms with Crippen LogP contribution in [0.4, 0.5) is 0 Å². The molecule has 0 nitrogen and oxygen atoms in total. The van der Waals surface area contributed by atoms with E-state index in [1.54, 1.807) is 5.57 Å². The average molecular weight is 405 g/mol. The van der Waals surface area contributed by atoms with E-state index in [9.17, 15) is 0 Å². The van der Waals surface area contributed by atoms with E-state index in [2.05, 4.69) is 65.3 Å². The standard InChI is InChI=1S/C27H41.K/c1-18(2)19(3)10-11-20(4)25-14-15-26-24-13-12-21-8-6-7-9-22(21)23(24)16-17-27(25,26)5;/h6,10-13,18-20,22-23,25-26H,7-9,14-17H2,1-5H3;/q-1;+1/b11-10+;. The van der Waals surface area contributed by atoms with Crippen molar-refractivity contribution in [3.63, 3.8) is 0 Å². The molecular weight excluding hydrogens is 363 g/mol. The summed E-state index contributed by atoms with van der Waals surface area (Å²) in [6, 6.07) is 0. The molecule has 4 aliphatic rings. The fraction of sp³-hybridized carbons (Fsp3) is 0.741. The Bertz CT molecular complexity index is 639. The second-order valence-corrected chi connectivity index (χ2v) is 10.8. The van der Waals surface area contributed by atoms with E-state index in [0.29, 0.717) is 11.3 Å². The number of hydrogen-bond donors (Lipinski definition) is 0. The van der Waals surface area contributed by atoms with Gasteiger partial charge in [-0.2, -0.15) is 12.8 Å². The molecule has 0 amide bonds. The van der Waals surface area contributed by atoms with Gasteiger partial charge in [0.15, 0.2) is 0 Å². The van der Waals surface area contributed by atoms with Crippen molar-refractivity contribution in [1.29, 1.82) is 0 Å². The SMILES string of the molecule is CC(C)C(C)/C=C/C(C)C1CCC2C3=CC=C4C[CH-]CCC4C3CCC21C.[K+]. The van der Waals surface area contributed by atoms with E-state index in [1.807, 2.05) is 5.57 Å². The van der Waals surface area contributed by atoms with Crippen LogP contribution in [0.15, 0.2) is 35.5 Å². The smallest absolute Gasteiger partial charge is 0.325 e. The number of allylic oxidation sites excluding steroid dienone is 6. The van der Waals surface area contributed by atoms with Crippen LogP contribution < -0.4 is 51.4 Å². The summed E-state index contributed by atoms with van der Waals surface area (Å²) in [6.45, 7) is 12.2. The molecular formula is C27H41K. The molecule has 0 spiro atoms. The Morgan fingerprint density at radius 1 is 1.00 bits per heavy atom. The molecule has 0 aliphatic heterocycles. The third-order valence-electron chi connectivity index (χ3n) is 9.15. The first-order valence-electron chi connectivity index (χ1n) is 11.8. The van der Waals surface area contributed by atoms with Crippen molar-refractivity contribution in [3.8, 4) is 0 Å². The molecule has 0 aromatic heterocycles. The number of rotatable bonds is 4. The van der Waals surface area contributed by atoms with Gasteiger partial charge in [-0.25, -0.2) is 0 Å². The van der Waals surface area contributed by atoms with Gasteiger partial charge in [0.05, 0.1) is 0 Å². The summed E-state index contributed by atoms with van der Waals surface area (Å²) in [5.41, 5.74) is 4.12. The molecule has 0 heterocycles. The van der Waals surface area contributed by atoms with Gasteiger partial charge in [0.25, 0.3) is 0 Å². The van der Waals surface area contributed by atoms with Crippen LogP contribution in [0.3, 0.4) is 0 Å². The summed E-state index contributed by atoms with van der Waals surface area (Å²) in [6.07, 6.45) is 22.5. The molecule has 0 radical (unpaired) electrons. The summed E-state index contributed by atoms with van der Waals surface area (Å²) in [5.74, 6) is 5.63. The van der Waals surface area contributed by atoms with Gasteiger partial charge >= 0.3 is 51.4 Å². The van der Waals surface area contributed by atoms with Gasteiger partial charge in [-0.15, -0.1) is 0 Å². The van der Waals surface area contributed by atoms with Crippen molar-refractivity contribution < 1.29 is 51.4 Å². The molecule has 7 atom stereocenters. The summed E-state index contributed by atoms with van der Waals surface area (Å²) in [7, 11) is 0. The first-order valence-corrected chi connectivity index (χ1v) is 11.8. The van der Waals surface area contributed by atoms with Gasteiger partial charge in [-0.3, -0.25) is 0 Å². The van der Waals surface area contributed by atoms with E-state index < -0.39 is 0 Å².